The van der Waals surface area contributed by atoms with Crippen molar-refractivity contribution < 1.29 is 9.31 Å². The van der Waals surface area contributed by atoms with E-state index in [0.29, 0.717) is 0 Å². The minimum Gasteiger partial charge on any atom is -0.399 e. The maximum absolute atomic E-state index is 11.7. The quantitative estimate of drug-likeness (QED) is 0.740. The second-order valence-electron chi connectivity index (χ2n) is 6.49. The number of aromatic nitrogens is 2. The fraction of sp³-hybridized carbons (Fsp3) is 0.467. The molecule has 21 heavy (non-hydrogen) atoms. The normalized spacial score (nSPS) is 20.1. The maximum Gasteiger partial charge on any atom is 0.494 e. The molecule has 110 valence electrons. The zero-order valence-electron chi connectivity index (χ0n) is 13.0. The third kappa shape index (κ3) is 2.19. The van der Waals surface area contributed by atoms with Gasteiger partial charge in [-0.15, -0.1) is 0 Å². The Morgan fingerprint density at radius 1 is 1.14 bits per heavy atom. The summed E-state index contributed by atoms with van der Waals surface area (Å²) in [5.41, 5.74) is 1.55. The highest BCUT2D eigenvalue weighted by atomic mass is 16.7. The lowest BCUT2D eigenvalue weighted by atomic mass is 9.79. The van der Waals surface area contributed by atoms with Crippen LogP contribution in [0.15, 0.2) is 29.2 Å². The number of nitrogens with zero attached hydrogens (tertiary/aromatic N) is 2. The number of hydrogen-bond donors (Lipinski definition) is 0. The van der Waals surface area contributed by atoms with E-state index in [2.05, 4.69) is 4.98 Å². The molecule has 0 unspecified atom stereocenters. The predicted molar refractivity (Wildman–Crippen MR) is 82.7 cm³/mol. The molecule has 5 nitrogen and oxygen atoms in total. The van der Waals surface area contributed by atoms with Crippen LogP contribution in [-0.2, 0) is 16.4 Å². The average molecular weight is 286 g/mol. The molecule has 0 radical (unpaired) electrons. The van der Waals surface area contributed by atoms with Crippen LogP contribution in [0.2, 0.25) is 0 Å². The van der Waals surface area contributed by atoms with Crippen LogP contribution < -0.4 is 11.0 Å². The number of aryl methyl sites for hydroxylation is 1. The summed E-state index contributed by atoms with van der Waals surface area (Å²) in [4.78, 5) is 15.9. The number of benzene rings is 1. The van der Waals surface area contributed by atoms with Gasteiger partial charge >= 0.3 is 7.12 Å². The first-order valence-electron chi connectivity index (χ1n) is 7.03. The maximum atomic E-state index is 11.7. The molecule has 1 aromatic heterocycles. The highest BCUT2D eigenvalue weighted by Gasteiger charge is 2.51. The van der Waals surface area contributed by atoms with Gasteiger partial charge in [-0.3, -0.25) is 4.79 Å². The topological polar surface area (TPSA) is 53.4 Å². The van der Waals surface area contributed by atoms with Crippen molar-refractivity contribution in [1.82, 2.24) is 9.55 Å². The van der Waals surface area contributed by atoms with Gasteiger partial charge in [-0.1, -0.05) is 6.07 Å². The van der Waals surface area contributed by atoms with Gasteiger partial charge in [0.05, 0.1) is 28.4 Å². The van der Waals surface area contributed by atoms with Gasteiger partial charge in [0, 0.05) is 7.05 Å². The van der Waals surface area contributed by atoms with Crippen molar-refractivity contribution in [2.75, 3.05) is 0 Å². The van der Waals surface area contributed by atoms with Gasteiger partial charge in [-0.2, -0.15) is 0 Å². The van der Waals surface area contributed by atoms with Gasteiger partial charge in [0.2, 0.25) is 0 Å². The Kier molecular flexibility index (Phi) is 3.01. The Labute approximate surface area is 124 Å². The Balaban J connectivity index is 2.07. The highest BCUT2D eigenvalue weighted by molar-refractivity contribution is 6.62. The number of fused-ring (bicyclic) bond motifs is 1. The zero-order chi connectivity index (χ0) is 15.4. The molecule has 6 heteroatoms. The summed E-state index contributed by atoms with van der Waals surface area (Å²) < 4.78 is 13.7. The first-order valence-corrected chi connectivity index (χ1v) is 7.03. The van der Waals surface area contributed by atoms with Crippen LogP contribution in [-0.4, -0.2) is 27.9 Å². The summed E-state index contributed by atoms with van der Waals surface area (Å²) >= 11 is 0. The van der Waals surface area contributed by atoms with Crippen LogP contribution in [0.25, 0.3) is 11.0 Å². The van der Waals surface area contributed by atoms with Gasteiger partial charge in [0.15, 0.2) is 0 Å². The summed E-state index contributed by atoms with van der Waals surface area (Å²) in [7, 11) is 1.30. The predicted octanol–water partition coefficient (Wildman–Crippen LogP) is 1.23. The van der Waals surface area contributed by atoms with Crippen LogP contribution >= 0.6 is 0 Å². The van der Waals surface area contributed by atoms with E-state index in [9.17, 15) is 4.79 Å². The second kappa shape index (κ2) is 4.42. The van der Waals surface area contributed by atoms with Gasteiger partial charge in [0.1, 0.15) is 0 Å². The van der Waals surface area contributed by atoms with Crippen molar-refractivity contribution in [1.29, 1.82) is 0 Å². The Morgan fingerprint density at radius 2 is 1.76 bits per heavy atom. The molecule has 3 rings (SSSR count). The molecule has 1 fully saturated rings. The second-order valence-corrected chi connectivity index (χ2v) is 6.49. The smallest absolute Gasteiger partial charge is 0.399 e. The van der Waals surface area contributed by atoms with E-state index in [1.54, 1.807) is 11.6 Å². The Hall–Kier alpha value is -1.66. The van der Waals surface area contributed by atoms with Gasteiger partial charge < -0.3 is 13.9 Å². The zero-order valence-corrected chi connectivity index (χ0v) is 13.0. The van der Waals surface area contributed by atoms with Gasteiger partial charge in [-0.25, -0.2) is 4.98 Å². The summed E-state index contributed by atoms with van der Waals surface area (Å²) in [6, 6.07) is 5.73. The van der Waals surface area contributed by atoms with Crippen molar-refractivity contribution in [3.63, 3.8) is 0 Å². The van der Waals surface area contributed by atoms with Crippen molar-refractivity contribution >= 4 is 23.6 Å². The summed E-state index contributed by atoms with van der Waals surface area (Å²) in [5, 5.41) is 0. The van der Waals surface area contributed by atoms with Crippen LogP contribution in [0.5, 0.6) is 0 Å². The SMILES string of the molecule is Cn1c(=O)cnc2ccc(B3OC(C)(C)C(C)(C)O3)cc21. The molecule has 0 N–H and O–H groups in total. The monoisotopic (exact) mass is 286 g/mol. The fourth-order valence-electron chi connectivity index (χ4n) is 2.37. The van der Waals surface area contributed by atoms with E-state index in [-0.39, 0.29) is 16.8 Å². The molecule has 0 aliphatic carbocycles. The van der Waals surface area contributed by atoms with E-state index >= 15 is 0 Å². The Morgan fingerprint density at radius 3 is 2.38 bits per heavy atom. The molecular weight excluding hydrogens is 267 g/mol. The molecule has 0 amide bonds. The van der Waals surface area contributed by atoms with Gasteiger partial charge in [-0.05, 0) is 45.3 Å². The highest BCUT2D eigenvalue weighted by Crippen LogP contribution is 2.36. The van der Waals surface area contributed by atoms with E-state index in [0.717, 1.165) is 16.5 Å². The number of hydrogen-bond acceptors (Lipinski definition) is 4. The van der Waals surface area contributed by atoms with Crippen molar-refractivity contribution in [3.8, 4) is 0 Å². The first kappa shape index (κ1) is 14.3. The largest absolute Gasteiger partial charge is 0.494 e. The third-order valence-electron chi connectivity index (χ3n) is 4.53. The van der Waals surface area contributed by atoms with Crippen LogP contribution in [0, 0.1) is 0 Å². The Bertz CT molecular complexity index is 751. The standard InChI is InChI=1S/C15H19BN2O3/c1-14(2)15(3,4)21-16(20-14)10-6-7-11-12(8-10)18(5)13(19)9-17-11/h6-9H,1-5H3. The van der Waals surface area contributed by atoms with E-state index in [1.165, 1.54) is 6.20 Å². The van der Waals surface area contributed by atoms with Crippen LogP contribution in [0.1, 0.15) is 27.7 Å². The van der Waals surface area contributed by atoms with E-state index in [4.69, 9.17) is 9.31 Å². The molecule has 1 aromatic carbocycles. The average Bonchev–Trinajstić information content (AvgIpc) is 2.63. The fourth-order valence-corrected chi connectivity index (χ4v) is 2.37. The molecule has 1 aliphatic rings. The molecule has 0 spiro atoms. The molecule has 0 saturated carbocycles. The molecular formula is C15H19BN2O3. The minimum absolute atomic E-state index is 0.131. The van der Waals surface area contributed by atoms with Crippen LogP contribution in [0.3, 0.4) is 0 Å². The van der Waals surface area contributed by atoms with Crippen LogP contribution in [0.4, 0.5) is 0 Å². The molecule has 2 heterocycles. The molecule has 0 bridgehead atoms. The summed E-state index contributed by atoms with van der Waals surface area (Å²) in [6.07, 6.45) is 1.33. The lowest BCUT2D eigenvalue weighted by Gasteiger charge is -2.32. The summed E-state index contributed by atoms with van der Waals surface area (Å²) in [5.74, 6) is 0. The van der Waals surface area contributed by atoms with Crippen molar-refractivity contribution in [2.45, 2.75) is 38.9 Å². The lowest BCUT2D eigenvalue weighted by Crippen LogP contribution is -2.41. The molecule has 1 aliphatic heterocycles. The third-order valence-corrected chi connectivity index (χ3v) is 4.53. The van der Waals surface area contributed by atoms with Crippen molar-refractivity contribution in [3.05, 3.63) is 34.7 Å². The number of rotatable bonds is 1. The van der Waals surface area contributed by atoms with Gasteiger partial charge in [0.25, 0.3) is 5.56 Å². The van der Waals surface area contributed by atoms with E-state index < -0.39 is 7.12 Å². The molecule has 1 saturated heterocycles. The minimum atomic E-state index is -0.435. The van der Waals surface area contributed by atoms with E-state index in [1.807, 2.05) is 45.9 Å². The van der Waals surface area contributed by atoms with Crippen molar-refractivity contribution in [2.24, 2.45) is 7.05 Å². The summed E-state index contributed by atoms with van der Waals surface area (Å²) in [6.45, 7) is 8.08. The first-order chi connectivity index (χ1) is 9.71. The lowest BCUT2D eigenvalue weighted by molar-refractivity contribution is 0.00578. The molecule has 0 atom stereocenters. The molecule has 2 aromatic rings.